The van der Waals surface area contributed by atoms with Crippen molar-refractivity contribution in [3.05, 3.63) is 0 Å². The third-order valence-electron chi connectivity index (χ3n) is 0. The summed E-state index contributed by atoms with van der Waals surface area (Å²) < 4.78 is 0. The summed E-state index contributed by atoms with van der Waals surface area (Å²) in [7, 11) is 0. The lowest BCUT2D eigenvalue weighted by atomic mass is 11.8. The molecular weight excluding hydrogens is 152 g/mol. The van der Waals surface area contributed by atoms with Crippen molar-refractivity contribution in [2.24, 2.45) is 0 Å². The summed E-state index contributed by atoms with van der Waals surface area (Å²) in [6, 6.07) is 0. The molecule has 0 saturated heterocycles. The quantitative estimate of drug-likeness (QED) is 0.534. The molecule has 0 spiro atoms. The van der Waals surface area contributed by atoms with Crippen LogP contribution in [-0.4, -0.2) is 17.8 Å². The summed E-state index contributed by atoms with van der Waals surface area (Å²) in [5, 5.41) is 0. The number of carbonyl (C=O) groups excluding carboxylic acids is 4. The normalized spacial score (nSPS) is 1.45. The van der Waals surface area contributed by atoms with Crippen molar-refractivity contribution in [2.75, 3.05) is 0 Å². The Morgan fingerprint density at radius 1 is 0.636 bits per heavy atom. The van der Waals surface area contributed by atoms with Gasteiger partial charge < -0.3 is 5.48 Å². The van der Waals surface area contributed by atoms with Crippen LogP contribution in [0.4, 0.5) is 0 Å². The fourth-order valence-corrected chi connectivity index (χ4v) is 0. The fraction of sp³-hybridized carbons (Fsp3) is 0.667. The molecular formula is C6H19O5+. The molecule has 0 saturated carbocycles. The first-order valence-corrected chi connectivity index (χ1v) is 0.816. The Morgan fingerprint density at radius 2 is 0.636 bits per heavy atom. The van der Waals surface area contributed by atoms with Gasteiger partial charge in [0.2, 0.25) is 0 Å². The van der Waals surface area contributed by atoms with Gasteiger partial charge >= 0.3 is 13.7 Å². The van der Waals surface area contributed by atoms with Crippen molar-refractivity contribution in [1.29, 1.82) is 0 Å². The van der Waals surface area contributed by atoms with Gasteiger partial charge in [0.15, 0.2) is 0 Å². The molecule has 0 fully saturated rings. The summed E-state index contributed by atoms with van der Waals surface area (Å²) in [5.41, 5.74) is 0. The largest absolute Gasteiger partial charge is 1.00 e. The highest BCUT2D eigenvalue weighted by Gasteiger charge is 1.13. The van der Waals surface area contributed by atoms with Crippen LogP contribution < -0.4 is 0 Å². The van der Waals surface area contributed by atoms with Gasteiger partial charge in [0.25, 0.3) is 0 Å². The maximum absolute atomic E-state index is 8.12. The van der Waals surface area contributed by atoms with Crippen molar-refractivity contribution in [1.82, 2.24) is 0 Å². The van der Waals surface area contributed by atoms with Gasteiger partial charge in [0.1, 0.15) is 0 Å². The Morgan fingerprint density at radius 3 is 0.636 bits per heavy atom. The number of hydrogen-bond donors (Lipinski definition) is 0. The van der Waals surface area contributed by atoms with Crippen LogP contribution in [0.5, 0.6) is 0 Å². The first-order valence-electron chi connectivity index (χ1n) is 0.816. The van der Waals surface area contributed by atoms with Crippen molar-refractivity contribution < 1.29 is 26.1 Å². The molecule has 0 unspecified atom stereocenters. The van der Waals surface area contributed by atoms with Crippen LogP contribution in [0.2, 0.25) is 0 Å². The van der Waals surface area contributed by atoms with E-state index in [2.05, 4.69) is 0 Å². The van der Waals surface area contributed by atoms with Gasteiger partial charge in [0.05, 0.1) is 0 Å². The second-order valence-corrected chi connectivity index (χ2v) is 0.167. The van der Waals surface area contributed by atoms with E-state index in [1.165, 1.54) is 0 Å². The SMILES string of the molecule is C.C.C.C.O.O=C=O.O=C=O.[H+]. The Balaban J connectivity index is -0.00000000296. The molecule has 0 bridgehead atoms. The summed E-state index contributed by atoms with van der Waals surface area (Å²) in [5.74, 6) is 0. The van der Waals surface area contributed by atoms with Crippen LogP contribution in [0.1, 0.15) is 31.1 Å². The van der Waals surface area contributed by atoms with Gasteiger partial charge in [-0.1, -0.05) is 29.7 Å². The van der Waals surface area contributed by atoms with E-state index in [1.54, 1.807) is 0 Å². The lowest BCUT2D eigenvalue weighted by Gasteiger charge is -0.945. The van der Waals surface area contributed by atoms with E-state index >= 15 is 0 Å². The van der Waals surface area contributed by atoms with Gasteiger partial charge in [-0.3, -0.25) is 0 Å². The molecule has 0 radical (unpaired) electrons. The van der Waals surface area contributed by atoms with Crippen molar-refractivity contribution in [2.45, 2.75) is 29.7 Å². The zero-order valence-electron chi connectivity index (χ0n) is 4.13. The zero-order chi connectivity index (χ0) is 5.41. The zero-order valence-corrected chi connectivity index (χ0v) is 3.13. The van der Waals surface area contributed by atoms with E-state index in [9.17, 15) is 0 Å². The van der Waals surface area contributed by atoms with E-state index in [4.69, 9.17) is 19.2 Å². The average molecular weight is 171 g/mol. The van der Waals surface area contributed by atoms with E-state index in [1.807, 2.05) is 0 Å². The molecule has 0 aromatic carbocycles. The third-order valence-corrected chi connectivity index (χ3v) is 0. The molecule has 72 valence electrons. The molecule has 0 aromatic rings. The van der Waals surface area contributed by atoms with Crippen LogP contribution in [-0.2, 0) is 19.2 Å². The molecule has 0 aliphatic carbocycles. The van der Waals surface area contributed by atoms with Crippen LogP contribution in [0.25, 0.3) is 0 Å². The summed E-state index contributed by atoms with van der Waals surface area (Å²) >= 11 is 0. The minimum absolute atomic E-state index is 0. The first-order chi connectivity index (χ1) is 2.83. The van der Waals surface area contributed by atoms with Gasteiger partial charge in [-0.15, -0.1) is 0 Å². The molecule has 0 aliphatic rings. The Hall–Kier alpha value is -1.28. The molecule has 5 heteroatoms. The molecule has 0 aliphatic heterocycles. The van der Waals surface area contributed by atoms with Gasteiger partial charge in [0, 0.05) is 0 Å². The standard InChI is InChI=1S/2CO2.4CH4.H2O/c2*2-1-3;;;;;/h;;4*1H4;1H2/p+1. The van der Waals surface area contributed by atoms with E-state index in [0.717, 1.165) is 0 Å². The van der Waals surface area contributed by atoms with E-state index < -0.39 is 0 Å². The molecule has 2 N–H and O–H groups in total. The molecule has 11 heavy (non-hydrogen) atoms. The molecule has 0 aromatic heterocycles. The predicted molar refractivity (Wildman–Crippen MR) is 41.7 cm³/mol. The topological polar surface area (TPSA) is 99.8 Å². The number of rotatable bonds is 0. The highest BCUT2D eigenvalue weighted by Crippen LogP contribution is 0.790. The Labute approximate surface area is 69.2 Å². The minimum Gasteiger partial charge on any atom is -0.412 e. The molecule has 0 amide bonds. The summed E-state index contributed by atoms with van der Waals surface area (Å²) in [6.45, 7) is 0. The summed E-state index contributed by atoms with van der Waals surface area (Å²) in [6.07, 6.45) is 0.500. The van der Waals surface area contributed by atoms with Gasteiger partial charge in [-0.05, 0) is 0 Å². The second-order valence-electron chi connectivity index (χ2n) is 0.167. The molecule has 0 heterocycles. The Kier molecular flexibility index (Phi) is 9100. The van der Waals surface area contributed by atoms with Crippen molar-refractivity contribution >= 4 is 12.3 Å². The highest BCUT2D eigenvalue weighted by molar-refractivity contribution is 5.20. The summed E-state index contributed by atoms with van der Waals surface area (Å²) in [4.78, 5) is 32.5. The molecule has 0 atom stereocenters. The maximum Gasteiger partial charge on any atom is 1.00 e. The van der Waals surface area contributed by atoms with Gasteiger partial charge in [-0.25, -0.2) is 0 Å². The fourth-order valence-electron chi connectivity index (χ4n) is 0. The monoisotopic (exact) mass is 171 g/mol. The van der Waals surface area contributed by atoms with Crippen LogP contribution in [0, 0.1) is 0 Å². The average Bonchev–Trinajstić information content (AvgIpc) is 1.39. The number of hydrogen-bond acceptors (Lipinski definition) is 4. The van der Waals surface area contributed by atoms with Crippen LogP contribution >= 0.6 is 0 Å². The Bertz CT molecular complexity index is 69.9. The van der Waals surface area contributed by atoms with E-state index in [-0.39, 0.29) is 48.9 Å². The molecule has 0 rings (SSSR count). The maximum atomic E-state index is 8.12. The van der Waals surface area contributed by atoms with Crippen LogP contribution in [0.15, 0.2) is 0 Å². The van der Waals surface area contributed by atoms with Crippen molar-refractivity contribution in [3.8, 4) is 0 Å². The molecule has 5 nitrogen and oxygen atoms in total. The predicted octanol–water partition coefficient (Wildman–Crippen LogP) is 0.665. The smallest absolute Gasteiger partial charge is 0.412 e. The van der Waals surface area contributed by atoms with E-state index in [0.29, 0.717) is 0 Å². The van der Waals surface area contributed by atoms with Crippen molar-refractivity contribution in [3.63, 3.8) is 0 Å². The lowest BCUT2D eigenvalue weighted by molar-refractivity contribution is -0.193. The second kappa shape index (κ2) is 1000. The lowest BCUT2D eigenvalue weighted by Crippen LogP contribution is -1.22. The third kappa shape index (κ3) is 240. The van der Waals surface area contributed by atoms with Gasteiger partial charge in [-0.2, -0.15) is 19.2 Å². The first kappa shape index (κ1) is 99.9. The van der Waals surface area contributed by atoms with Crippen LogP contribution in [0.3, 0.4) is 0 Å². The highest BCUT2D eigenvalue weighted by atomic mass is 16.2. The minimum atomic E-state index is 0.